The Kier molecular flexibility index (Phi) is 4.93. The molecule has 0 unspecified atom stereocenters. The maximum Gasteiger partial charge on any atom is 0.286 e. The molecule has 1 amide bonds. The first kappa shape index (κ1) is 17.8. The fraction of sp³-hybridized carbons (Fsp3) is 0.667. The Morgan fingerprint density at radius 3 is 3.15 bits per heavy atom. The van der Waals surface area contributed by atoms with Gasteiger partial charge >= 0.3 is 0 Å². The van der Waals surface area contributed by atoms with Crippen LogP contribution in [0.3, 0.4) is 0 Å². The number of rotatable bonds is 7. The second kappa shape index (κ2) is 7.20. The average Bonchev–Trinajstić information content (AvgIpc) is 3.39. The van der Waals surface area contributed by atoms with Crippen molar-refractivity contribution in [3.8, 4) is 0 Å². The Hall–Kier alpha value is -1.59. The molecule has 0 saturated carbocycles. The van der Waals surface area contributed by atoms with E-state index in [-0.39, 0.29) is 11.5 Å². The molecule has 4 rings (SSSR count). The normalized spacial score (nSPS) is 33.6. The zero-order valence-electron chi connectivity index (χ0n) is 15.9. The minimum absolute atomic E-state index is 0.0360. The van der Waals surface area contributed by atoms with Crippen LogP contribution in [0.4, 0.5) is 0 Å². The van der Waals surface area contributed by atoms with Crippen molar-refractivity contribution in [3.05, 3.63) is 35.8 Å². The molecule has 26 heavy (non-hydrogen) atoms. The lowest BCUT2D eigenvalue weighted by Gasteiger charge is -2.29. The van der Waals surface area contributed by atoms with E-state index in [1.807, 2.05) is 0 Å². The highest BCUT2D eigenvalue weighted by atomic mass is 16.5. The summed E-state index contributed by atoms with van der Waals surface area (Å²) < 4.78 is 11.7. The summed E-state index contributed by atoms with van der Waals surface area (Å²) in [7, 11) is 0. The summed E-state index contributed by atoms with van der Waals surface area (Å²) in [4.78, 5) is 14.8. The summed E-state index contributed by atoms with van der Waals surface area (Å²) >= 11 is 0. The standard InChI is InChI=1S/C21H30N2O3/c1-3-15(2)6-4-10-23-13-17-16(18-8-9-21(17,14-23)26-18)12-22-20(24)19-7-5-11-25-19/h5-7,11,16-18H,3-4,8-10,12-14H2,1-2H3,(H,22,24)/b15-6+/t16-,17+,18+,21+/m0/s1. The number of carbonyl (C=O) groups is 1. The number of amides is 1. The molecule has 0 aliphatic carbocycles. The fourth-order valence-corrected chi connectivity index (χ4v) is 5.07. The van der Waals surface area contributed by atoms with Gasteiger partial charge in [0, 0.05) is 38.0 Å². The molecule has 5 nitrogen and oxygen atoms in total. The molecule has 3 saturated heterocycles. The van der Waals surface area contributed by atoms with E-state index >= 15 is 0 Å². The van der Waals surface area contributed by atoms with Gasteiger partial charge in [-0.25, -0.2) is 0 Å². The van der Waals surface area contributed by atoms with E-state index in [4.69, 9.17) is 9.15 Å². The van der Waals surface area contributed by atoms with Crippen molar-refractivity contribution in [2.75, 3.05) is 26.2 Å². The van der Waals surface area contributed by atoms with Crippen LogP contribution < -0.4 is 5.32 Å². The van der Waals surface area contributed by atoms with Crippen molar-refractivity contribution in [2.45, 2.75) is 51.2 Å². The molecule has 4 heterocycles. The van der Waals surface area contributed by atoms with Crippen LogP contribution >= 0.6 is 0 Å². The minimum Gasteiger partial charge on any atom is -0.459 e. The van der Waals surface area contributed by atoms with E-state index in [0.717, 1.165) is 38.9 Å². The third kappa shape index (κ3) is 3.23. The van der Waals surface area contributed by atoms with E-state index in [9.17, 15) is 4.79 Å². The second-order valence-corrected chi connectivity index (χ2v) is 8.15. The smallest absolute Gasteiger partial charge is 0.286 e. The molecule has 142 valence electrons. The number of nitrogens with one attached hydrogen (secondary N) is 1. The van der Waals surface area contributed by atoms with Gasteiger partial charge < -0.3 is 14.5 Å². The van der Waals surface area contributed by atoms with Crippen LogP contribution in [0.5, 0.6) is 0 Å². The topological polar surface area (TPSA) is 54.7 Å². The van der Waals surface area contributed by atoms with E-state index in [2.05, 4.69) is 30.1 Å². The first-order valence-corrected chi connectivity index (χ1v) is 9.99. The molecule has 0 aromatic carbocycles. The Balaban J connectivity index is 1.34. The molecule has 3 aliphatic rings. The van der Waals surface area contributed by atoms with Crippen molar-refractivity contribution < 1.29 is 13.9 Å². The van der Waals surface area contributed by atoms with Crippen molar-refractivity contribution in [3.63, 3.8) is 0 Å². The number of carbonyl (C=O) groups excluding carboxylic acids is 1. The Bertz CT molecular complexity index is 669. The molecule has 3 aliphatic heterocycles. The third-order valence-corrected chi connectivity index (χ3v) is 6.59. The van der Waals surface area contributed by atoms with E-state index in [1.165, 1.54) is 18.3 Å². The van der Waals surface area contributed by atoms with E-state index < -0.39 is 0 Å². The van der Waals surface area contributed by atoms with Gasteiger partial charge in [0.05, 0.1) is 18.0 Å². The molecular formula is C21H30N2O3. The fourth-order valence-electron chi connectivity index (χ4n) is 5.07. The van der Waals surface area contributed by atoms with Gasteiger partial charge in [-0.1, -0.05) is 18.6 Å². The molecule has 3 fully saturated rings. The van der Waals surface area contributed by atoms with Crippen molar-refractivity contribution in [1.29, 1.82) is 0 Å². The maximum atomic E-state index is 12.2. The SMILES string of the molecule is CC/C(C)=C/CCN1C[C@@H]2[C@H](CNC(=O)c3ccco3)[C@H]3CC[C@]2(C1)O3. The molecule has 1 aromatic heterocycles. The molecule has 5 heteroatoms. The van der Waals surface area contributed by atoms with Crippen molar-refractivity contribution in [1.82, 2.24) is 10.2 Å². The highest BCUT2D eigenvalue weighted by Crippen LogP contribution is 2.54. The van der Waals surface area contributed by atoms with Crippen LogP contribution in [-0.2, 0) is 4.74 Å². The number of ether oxygens (including phenoxy) is 1. The predicted octanol–water partition coefficient (Wildman–Crippen LogP) is 3.24. The first-order chi connectivity index (χ1) is 12.6. The van der Waals surface area contributed by atoms with Gasteiger partial charge in [0.2, 0.25) is 0 Å². The Labute approximate surface area is 155 Å². The molecule has 1 N–H and O–H groups in total. The molecule has 1 aromatic rings. The average molecular weight is 358 g/mol. The molecule has 4 atom stereocenters. The molecule has 0 radical (unpaired) electrons. The van der Waals surface area contributed by atoms with Gasteiger partial charge in [-0.2, -0.15) is 0 Å². The lowest BCUT2D eigenvalue weighted by atomic mass is 9.73. The lowest BCUT2D eigenvalue weighted by Crippen LogP contribution is -2.41. The second-order valence-electron chi connectivity index (χ2n) is 8.15. The Morgan fingerprint density at radius 1 is 1.50 bits per heavy atom. The summed E-state index contributed by atoms with van der Waals surface area (Å²) in [5, 5.41) is 3.06. The van der Waals surface area contributed by atoms with Gasteiger partial charge in [-0.15, -0.1) is 0 Å². The van der Waals surface area contributed by atoms with Crippen molar-refractivity contribution >= 4 is 5.91 Å². The first-order valence-electron chi connectivity index (χ1n) is 9.99. The maximum absolute atomic E-state index is 12.2. The van der Waals surface area contributed by atoms with Crippen LogP contribution in [0, 0.1) is 11.8 Å². The van der Waals surface area contributed by atoms with Gasteiger partial charge in [0.1, 0.15) is 0 Å². The summed E-state index contributed by atoms with van der Waals surface area (Å²) in [6.45, 7) is 8.35. The summed E-state index contributed by atoms with van der Waals surface area (Å²) in [6.07, 6.45) is 8.76. The lowest BCUT2D eigenvalue weighted by molar-refractivity contribution is 0.00290. The minimum atomic E-state index is -0.123. The van der Waals surface area contributed by atoms with Crippen LogP contribution in [0.1, 0.15) is 50.1 Å². The number of hydrogen-bond donors (Lipinski definition) is 1. The van der Waals surface area contributed by atoms with E-state index in [0.29, 0.717) is 30.2 Å². The van der Waals surface area contributed by atoms with Crippen LogP contribution in [-0.4, -0.2) is 48.7 Å². The number of nitrogens with zero attached hydrogens (tertiary/aromatic N) is 1. The number of fused-ring (bicyclic) bond motifs is 1. The van der Waals surface area contributed by atoms with Gasteiger partial charge in [0.25, 0.3) is 5.91 Å². The number of hydrogen-bond acceptors (Lipinski definition) is 4. The number of likely N-dealkylation sites (tertiary alicyclic amines) is 1. The van der Waals surface area contributed by atoms with Crippen molar-refractivity contribution in [2.24, 2.45) is 11.8 Å². The van der Waals surface area contributed by atoms with Gasteiger partial charge in [0.15, 0.2) is 5.76 Å². The quantitative estimate of drug-likeness (QED) is 0.761. The van der Waals surface area contributed by atoms with Gasteiger partial charge in [-0.3, -0.25) is 9.69 Å². The summed E-state index contributed by atoms with van der Waals surface area (Å²) in [5.41, 5.74) is 1.51. The highest BCUT2D eigenvalue weighted by molar-refractivity contribution is 5.91. The number of furan rings is 1. The van der Waals surface area contributed by atoms with Crippen LogP contribution in [0.15, 0.2) is 34.5 Å². The Morgan fingerprint density at radius 2 is 2.38 bits per heavy atom. The summed E-state index contributed by atoms with van der Waals surface area (Å²) in [5.74, 6) is 1.21. The highest BCUT2D eigenvalue weighted by Gasteiger charge is 2.62. The third-order valence-electron chi connectivity index (χ3n) is 6.59. The molecular weight excluding hydrogens is 328 g/mol. The monoisotopic (exact) mass is 358 g/mol. The van der Waals surface area contributed by atoms with Crippen LogP contribution in [0.25, 0.3) is 0 Å². The summed E-state index contributed by atoms with van der Waals surface area (Å²) in [6, 6.07) is 3.45. The molecule has 2 bridgehead atoms. The van der Waals surface area contributed by atoms with E-state index in [1.54, 1.807) is 12.1 Å². The predicted molar refractivity (Wildman–Crippen MR) is 100.0 cm³/mol. The largest absolute Gasteiger partial charge is 0.459 e. The van der Waals surface area contributed by atoms with Crippen LogP contribution in [0.2, 0.25) is 0 Å². The van der Waals surface area contributed by atoms with Gasteiger partial charge in [-0.05, 0) is 44.7 Å². The number of allylic oxidation sites excluding steroid dienone is 1. The zero-order chi connectivity index (χ0) is 18.1. The zero-order valence-corrected chi connectivity index (χ0v) is 15.9. The molecule has 1 spiro atoms.